The van der Waals surface area contributed by atoms with Crippen LogP contribution >= 0.6 is 7.82 Å². The van der Waals surface area contributed by atoms with Crippen molar-refractivity contribution in [3.8, 4) is 0 Å². The van der Waals surface area contributed by atoms with Crippen molar-refractivity contribution in [1.29, 1.82) is 0 Å². The van der Waals surface area contributed by atoms with Gasteiger partial charge < -0.3 is 4.52 Å². The molecule has 0 unspecified atom stereocenters. The molecule has 1 aromatic rings. The van der Waals surface area contributed by atoms with Crippen LogP contribution in [0.25, 0.3) is 0 Å². The average molecular weight is 340 g/mol. The maximum atomic E-state index is 12.5. The van der Waals surface area contributed by atoms with E-state index in [1.54, 1.807) is 13.8 Å². The Morgan fingerprint density at radius 2 is 1.74 bits per heavy atom. The lowest BCUT2D eigenvalue weighted by molar-refractivity contribution is 0.142. The van der Waals surface area contributed by atoms with Crippen LogP contribution < -0.4 is 0 Å². The molecule has 0 aliphatic carbocycles. The average Bonchev–Trinajstić information content (AvgIpc) is 2.54. The highest BCUT2D eigenvalue weighted by molar-refractivity contribution is 7.48. The van der Waals surface area contributed by atoms with E-state index in [4.69, 9.17) is 13.6 Å². The topological polar surface area (TPSA) is 44.8 Å². The molecule has 0 amide bonds. The molecule has 130 valence electrons. The molecule has 0 saturated heterocycles. The largest absolute Gasteiger partial charge is 0.529 e. The van der Waals surface area contributed by atoms with Crippen molar-refractivity contribution in [2.24, 2.45) is 0 Å². The van der Waals surface area contributed by atoms with Crippen molar-refractivity contribution in [1.82, 2.24) is 0 Å². The summed E-state index contributed by atoms with van der Waals surface area (Å²) in [5, 5.41) is 0. The Morgan fingerprint density at radius 1 is 1.09 bits per heavy atom. The Kier molecular flexibility index (Phi) is 9.93. The van der Waals surface area contributed by atoms with Crippen LogP contribution in [0.5, 0.6) is 0 Å². The summed E-state index contributed by atoms with van der Waals surface area (Å²) in [6.45, 7) is 6.26. The van der Waals surface area contributed by atoms with E-state index in [-0.39, 0.29) is 0 Å². The molecule has 0 aromatic heterocycles. The lowest BCUT2D eigenvalue weighted by Crippen LogP contribution is -2.01. The highest BCUT2D eigenvalue weighted by atomic mass is 31.2. The zero-order valence-corrected chi connectivity index (χ0v) is 15.4. The molecule has 0 aliphatic heterocycles. The van der Waals surface area contributed by atoms with Crippen LogP contribution in [0.4, 0.5) is 0 Å². The van der Waals surface area contributed by atoms with Gasteiger partial charge in [-0.3, -0.25) is 9.05 Å². The number of benzene rings is 1. The van der Waals surface area contributed by atoms with Crippen LogP contribution in [0.2, 0.25) is 0 Å². The molecule has 0 spiro atoms. The molecule has 1 rings (SSSR count). The first-order chi connectivity index (χ1) is 11.1. The third kappa shape index (κ3) is 8.36. The maximum Gasteiger partial charge on any atom is 0.529 e. The third-order valence-corrected chi connectivity index (χ3v) is 4.84. The van der Waals surface area contributed by atoms with Gasteiger partial charge in [-0.1, -0.05) is 43.7 Å². The number of hydrogen-bond acceptors (Lipinski definition) is 4. The first-order valence-electron chi connectivity index (χ1n) is 8.45. The summed E-state index contributed by atoms with van der Waals surface area (Å²) in [7, 11) is -3.50. The van der Waals surface area contributed by atoms with Crippen LogP contribution in [-0.2, 0) is 24.6 Å². The van der Waals surface area contributed by atoms with Gasteiger partial charge in [-0.05, 0) is 44.7 Å². The zero-order chi connectivity index (χ0) is 17.0. The Bertz CT molecular complexity index is 489. The standard InChI is InChI=1S/C18H29O4P/c1-4-7-15-18(22-23(19,20-5-2)21-6-3)16-11-14-17-12-9-8-10-13-17/h8-10,12-13,16H,4-7,11,14-15H2,1-3H3/b18-16+. The molecule has 0 bridgehead atoms. The molecule has 0 saturated carbocycles. The summed E-state index contributed by atoms with van der Waals surface area (Å²) >= 11 is 0. The van der Waals surface area contributed by atoms with Gasteiger partial charge >= 0.3 is 7.82 Å². The van der Waals surface area contributed by atoms with Gasteiger partial charge in [0.15, 0.2) is 0 Å². The van der Waals surface area contributed by atoms with Crippen LogP contribution in [0.15, 0.2) is 42.2 Å². The minimum atomic E-state index is -3.50. The van der Waals surface area contributed by atoms with E-state index >= 15 is 0 Å². The van der Waals surface area contributed by atoms with Gasteiger partial charge in [0, 0.05) is 6.42 Å². The molecule has 4 nitrogen and oxygen atoms in total. The molecule has 0 atom stereocenters. The van der Waals surface area contributed by atoms with Gasteiger partial charge in [0.1, 0.15) is 5.76 Å². The molecule has 0 N–H and O–H groups in total. The van der Waals surface area contributed by atoms with Crippen molar-refractivity contribution < 1.29 is 18.1 Å². The van der Waals surface area contributed by atoms with Gasteiger partial charge in [0.25, 0.3) is 0 Å². The Balaban J connectivity index is 2.69. The molecule has 1 aromatic carbocycles. The Hall–Kier alpha value is -1.09. The van der Waals surface area contributed by atoms with E-state index in [0.717, 1.165) is 32.1 Å². The van der Waals surface area contributed by atoms with Crippen molar-refractivity contribution in [2.75, 3.05) is 13.2 Å². The quantitative estimate of drug-likeness (QED) is 0.351. The van der Waals surface area contributed by atoms with Gasteiger partial charge in [-0.2, -0.15) is 0 Å². The van der Waals surface area contributed by atoms with E-state index in [0.29, 0.717) is 19.0 Å². The third-order valence-electron chi connectivity index (χ3n) is 3.23. The van der Waals surface area contributed by atoms with E-state index < -0.39 is 7.82 Å². The van der Waals surface area contributed by atoms with Crippen molar-refractivity contribution >= 4 is 7.82 Å². The van der Waals surface area contributed by atoms with Crippen LogP contribution in [-0.4, -0.2) is 13.2 Å². The van der Waals surface area contributed by atoms with E-state index in [2.05, 4.69) is 19.1 Å². The number of phosphoric acid groups is 1. The predicted octanol–water partition coefficient (Wildman–Crippen LogP) is 5.89. The SMILES string of the molecule is CCCC/C(=C\CCc1ccccc1)OP(=O)(OCC)OCC. The normalized spacial score (nSPS) is 12.4. The fourth-order valence-corrected chi connectivity index (χ4v) is 3.40. The van der Waals surface area contributed by atoms with Gasteiger partial charge in [-0.25, -0.2) is 4.57 Å². The molecule has 23 heavy (non-hydrogen) atoms. The monoisotopic (exact) mass is 340 g/mol. The van der Waals surface area contributed by atoms with Crippen LogP contribution in [0.3, 0.4) is 0 Å². The van der Waals surface area contributed by atoms with E-state index in [1.807, 2.05) is 24.3 Å². The van der Waals surface area contributed by atoms with E-state index in [1.165, 1.54) is 5.56 Å². The second-order valence-corrected chi connectivity index (χ2v) is 6.77. The number of rotatable bonds is 12. The highest BCUT2D eigenvalue weighted by Crippen LogP contribution is 2.51. The number of unbranched alkanes of at least 4 members (excludes halogenated alkanes) is 1. The molecule has 0 heterocycles. The predicted molar refractivity (Wildman–Crippen MR) is 94.3 cm³/mol. The van der Waals surface area contributed by atoms with Gasteiger partial charge in [0.05, 0.1) is 13.2 Å². The fraction of sp³-hybridized carbons (Fsp3) is 0.556. The summed E-state index contributed by atoms with van der Waals surface area (Å²) < 4.78 is 28.6. The molecular formula is C18H29O4P. The van der Waals surface area contributed by atoms with Crippen LogP contribution in [0, 0.1) is 0 Å². The Labute approximate surface area is 140 Å². The summed E-state index contributed by atoms with van der Waals surface area (Å²) in [6.07, 6.45) is 6.54. The second kappa shape index (κ2) is 11.4. The highest BCUT2D eigenvalue weighted by Gasteiger charge is 2.27. The summed E-state index contributed by atoms with van der Waals surface area (Å²) in [4.78, 5) is 0. The van der Waals surface area contributed by atoms with Crippen molar-refractivity contribution in [3.63, 3.8) is 0 Å². The summed E-state index contributed by atoms with van der Waals surface area (Å²) in [6, 6.07) is 10.3. The minimum Gasteiger partial charge on any atom is -0.409 e. The maximum absolute atomic E-state index is 12.5. The zero-order valence-electron chi connectivity index (χ0n) is 14.5. The van der Waals surface area contributed by atoms with Crippen molar-refractivity contribution in [2.45, 2.75) is 52.9 Å². The van der Waals surface area contributed by atoms with Gasteiger partial charge in [0.2, 0.25) is 0 Å². The Morgan fingerprint density at radius 3 is 2.30 bits per heavy atom. The molecule has 0 fully saturated rings. The number of aryl methyl sites for hydroxylation is 1. The van der Waals surface area contributed by atoms with Gasteiger partial charge in [-0.15, -0.1) is 0 Å². The second-order valence-electron chi connectivity index (χ2n) is 5.17. The number of allylic oxidation sites excluding steroid dienone is 2. The number of hydrogen-bond donors (Lipinski definition) is 0. The lowest BCUT2D eigenvalue weighted by atomic mass is 10.1. The minimum absolute atomic E-state index is 0.294. The summed E-state index contributed by atoms with van der Waals surface area (Å²) in [5.41, 5.74) is 1.27. The molecule has 0 radical (unpaired) electrons. The smallest absolute Gasteiger partial charge is 0.409 e. The lowest BCUT2D eigenvalue weighted by Gasteiger charge is -2.19. The first kappa shape index (κ1) is 20.0. The summed E-state index contributed by atoms with van der Waals surface area (Å²) in [5.74, 6) is 0.702. The first-order valence-corrected chi connectivity index (χ1v) is 9.91. The van der Waals surface area contributed by atoms with Crippen molar-refractivity contribution in [3.05, 3.63) is 47.7 Å². The van der Waals surface area contributed by atoms with Crippen LogP contribution in [0.1, 0.15) is 52.0 Å². The van der Waals surface area contributed by atoms with E-state index in [9.17, 15) is 4.57 Å². The molecular weight excluding hydrogens is 311 g/mol. The molecule has 0 aliphatic rings. The fourth-order valence-electron chi connectivity index (χ4n) is 2.13. The molecule has 5 heteroatoms. The number of phosphoric ester groups is 1.